The van der Waals surface area contributed by atoms with Crippen LogP contribution in [0.25, 0.3) is 0 Å². The minimum Gasteiger partial charge on any atom is -0.435 e. The first kappa shape index (κ1) is 17.4. The Morgan fingerprint density at radius 3 is 2.76 bits per heavy atom. The van der Waals surface area contributed by atoms with E-state index in [-0.39, 0.29) is 11.7 Å². The number of amides is 1. The van der Waals surface area contributed by atoms with Gasteiger partial charge in [-0.15, -0.1) is 11.3 Å². The van der Waals surface area contributed by atoms with Crippen LogP contribution in [-0.2, 0) is 6.54 Å². The van der Waals surface area contributed by atoms with Gasteiger partial charge in [0.25, 0.3) is 5.91 Å². The third-order valence-corrected chi connectivity index (χ3v) is 4.33. The largest absolute Gasteiger partial charge is 0.435 e. The van der Waals surface area contributed by atoms with E-state index >= 15 is 0 Å². The predicted octanol–water partition coefficient (Wildman–Crippen LogP) is 4.50. The standard InChI is InChI=1S/C16H12ClF2N3O2S/c17-11-6-20-22(8-11)7-10-5-14(25-9-10)15(23)21-12-1-3-13(4-2-12)24-16(18)19/h1-6,8-9,16H,7H2,(H,21,23). The normalized spacial score (nSPS) is 10.9. The molecule has 2 heterocycles. The van der Waals surface area contributed by atoms with Gasteiger partial charge in [-0.3, -0.25) is 9.48 Å². The van der Waals surface area contributed by atoms with Crippen LogP contribution in [0, 0.1) is 0 Å². The van der Waals surface area contributed by atoms with Gasteiger partial charge in [-0.2, -0.15) is 13.9 Å². The molecule has 0 spiro atoms. The van der Waals surface area contributed by atoms with E-state index in [0.29, 0.717) is 22.1 Å². The molecule has 130 valence electrons. The maximum atomic E-state index is 12.3. The first-order valence-electron chi connectivity index (χ1n) is 7.11. The van der Waals surface area contributed by atoms with Gasteiger partial charge in [-0.1, -0.05) is 11.6 Å². The van der Waals surface area contributed by atoms with Crippen molar-refractivity contribution in [1.29, 1.82) is 0 Å². The zero-order valence-corrected chi connectivity index (χ0v) is 14.2. The molecule has 1 N–H and O–H groups in total. The number of halogens is 3. The summed E-state index contributed by atoms with van der Waals surface area (Å²) in [6.07, 6.45) is 3.24. The first-order valence-corrected chi connectivity index (χ1v) is 8.37. The third kappa shape index (κ3) is 4.77. The van der Waals surface area contributed by atoms with Gasteiger partial charge in [0, 0.05) is 11.9 Å². The average molecular weight is 384 g/mol. The van der Waals surface area contributed by atoms with Crippen molar-refractivity contribution < 1.29 is 18.3 Å². The first-order chi connectivity index (χ1) is 12.0. The molecule has 0 aliphatic carbocycles. The molecule has 0 saturated heterocycles. The Kier molecular flexibility index (Phi) is 5.30. The van der Waals surface area contributed by atoms with Gasteiger partial charge < -0.3 is 10.1 Å². The summed E-state index contributed by atoms with van der Waals surface area (Å²) in [4.78, 5) is 12.8. The summed E-state index contributed by atoms with van der Waals surface area (Å²) in [5.41, 5.74) is 1.41. The Morgan fingerprint density at radius 1 is 1.36 bits per heavy atom. The van der Waals surface area contributed by atoms with Crippen LogP contribution in [0.2, 0.25) is 5.02 Å². The molecule has 9 heteroatoms. The molecular weight excluding hydrogens is 372 g/mol. The lowest BCUT2D eigenvalue weighted by molar-refractivity contribution is -0.0498. The van der Waals surface area contributed by atoms with Crippen LogP contribution in [0.3, 0.4) is 0 Å². The van der Waals surface area contributed by atoms with Crippen LogP contribution in [-0.4, -0.2) is 22.3 Å². The second kappa shape index (κ2) is 7.62. The smallest absolute Gasteiger partial charge is 0.387 e. The Hall–Kier alpha value is -2.45. The van der Waals surface area contributed by atoms with Crippen LogP contribution in [0.4, 0.5) is 14.5 Å². The summed E-state index contributed by atoms with van der Waals surface area (Å²) in [5.74, 6) is -0.249. The highest BCUT2D eigenvalue weighted by Gasteiger charge is 2.11. The Labute approximate surface area is 150 Å². The minimum absolute atomic E-state index is 0.0318. The van der Waals surface area contributed by atoms with Crippen molar-refractivity contribution in [2.24, 2.45) is 0 Å². The van der Waals surface area contributed by atoms with Gasteiger partial charge in [0.05, 0.1) is 22.6 Å². The van der Waals surface area contributed by atoms with E-state index in [9.17, 15) is 13.6 Å². The fourth-order valence-corrected chi connectivity index (χ4v) is 3.06. The Morgan fingerprint density at radius 2 is 2.12 bits per heavy atom. The zero-order chi connectivity index (χ0) is 17.8. The lowest BCUT2D eigenvalue weighted by atomic mass is 10.2. The van der Waals surface area contributed by atoms with Crippen LogP contribution in [0.15, 0.2) is 48.1 Å². The summed E-state index contributed by atoms with van der Waals surface area (Å²) < 4.78 is 30.1. The summed E-state index contributed by atoms with van der Waals surface area (Å²) in [7, 11) is 0. The minimum atomic E-state index is -2.88. The second-order valence-corrected chi connectivity index (χ2v) is 6.38. The molecular formula is C16H12ClF2N3O2S. The second-order valence-electron chi connectivity index (χ2n) is 5.03. The van der Waals surface area contributed by atoms with Crippen molar-refractivity contribution >= 4 is 34.5 Å². The molecule has 5 nitrogen and oxygen atoms in total. The number of carbonyl (C=O) groups is 1. The number of rotatable bonds is 6. The highest BCUT2D eigenvalue weighted by Crippen LogP contribution is 2.21. The molecule has 1 amide bonds. The van der Waals surface area contributed by atoms with E-state index in [2.05, 4.69) is 15.2 Å². The van der Waals surface area contributed by atoms with Crippen molar-refractivity contribution in [2.75, 3.05) is 5.32 Å². The van der Waals surface area contributed by atoms with Crippen LogP contribution < -0.4 is 10.1 Å². The summed E-state index contributed by atoms with van der Waals surface area (Å²) in [6, 6.07) is 7.49. The number of anilines is 1. The number of nitrogens with one attached hydrogen (secondary N) is 1. The molecule has 25 heavy (non-hydrogen) atoms. The fourth-order valence-electron chi connectivity index (χ4n) is 2.10. The van der Waals surface area contributed by atoms with Gasteiger partial charge in [-0.25, -0.2) is 0 Å². The molecule has 0 unspecified atom stereocenters. The van der Waals surface area contributed by atoms with Gasteiger partial charge in [0.2, 0.25) is 0 Å². The Balaban J connectivity index is 1.61. The average Bonchev–Trinajstić information content (AvgIpc) is 3.18. The van der Waals surface area contributed by atoms with Gasteiger partial charge in [0.1, 0.15) is 5.75 Å². The predicted molar refractivity (Wildman–Crippen MR) is 91.7 cm³/mol. The van der Waals surface area contributed by atoms with E-state index in [1.54, 1.807) is 23.1 Å². The molecule has 0 bridgehead atoms. The molecule has 0 radical (unpaired) electrons. The number of ether oxygens (including phenoxy) is 1. The van der Waals surface area contributed by atoms with E-state index < -0.39 is 6.61 Å². The van der Waals surface area contributed by atoms with Crippen molar-refractivity contribution in [3.8, 4) is 5.75 Å². The quantitative estimate of drug-likeness (QED) is 0.681. The summed E-state index contributed by atoms with van der Waals surface area (Å²) in [5, 5.41) is 9.20. The third-order valence-electron chi connectivity index (χ3n) is 3.16. The molecule has 3 rings (SSSR count). The number of hydrogen-bond donors (Lipinski definition) is 1. The van der Waals surface area contributed by atoms with Crippen molar-refractivity contribution in [3.05, 3.63) is 63.6 Å². The summed E-state index contributed by atoms with van der Waals surface area (Å²) >= 11 is 7.12. The molecule has 0 aliphatic rings. The Bertz CT molecular complexity index is 864. The van der Waals surface area contributed by atoms with Gasteiger partial charge in [0.15, 0.2) is 0 Å². The van der Waals surface area contributed by atoms with Gasteiger partial charge in [-0.05, 0) is 41.3 Å². The molecule has 0 aliphatic heterocycles. The molecule has 2 aromatic heterocycles. The number of hydrogen-bond acceptors (Lipinski definition) is 4. The van der Waals surface area contributed by atoms with E-state index in [1.807, 2.05) is 5.38 Å². The highest BCUT2D eigenvalue weighted by atomic mass is 35.5. The number of nitrogens with zero attached hydrogens (tertiary/aromatic N) is 2. The van der Waals surface area contributed by atoms with Crippen LogP contribution in [0.5, 0.6) is 5.75 Å². The van der Waals surface area contributed by atoms with Crippen molar-refractivity contribution in [2.45, 2.75) is 13.2 Å². The van der Waals surface area contributed by atoms with E-state index in [1.165, 1.54) is 35.6 Å². The molecule has 0 saturated carbocycles. The molecule has 0 fully saturated rings. The fraction of sp³-hybridized carbons (Fsp3) is 0.125. The maximum absolute atomic E-state index is 12.3. The number of alkyl halides is 2. The lowest BCUT2D eigenvalue weighted by Crippen LogP contribution is -2.10. The van der Waals surface area contributed by atoms with Crippen LogP contribution in [0.1, 0.15) is 15.2 Å². The topological polar surface area (TPSA) is 56.1 Å². The monoisotopic (exact) mass is 383 g/mol. The SMILES string of the molecule is O=C(Nc1ccc(OC(F)F)cc1)c1cc(Cn2cc(Cl)cn2)cs1. The zero-order valence-electron chi connectivity index (χ0n) is 12.7. The number of benzene rings is 1. The van der Waals surface area contributed by atoms with Crippen LogP contribution >= 0.6 is 22.9 Å². The van der Waals surface area contributed by atoms with E-state index in [0.717, 1.165) is 5.56 Å². The van der Waals surface area contributed by atoms with Crippen molar-refractivity contribution in [3.63, 3.8) is 0 Å². The molecule has 3 aromatic rings. The molecule has 0 atom stereocenters. The number of aromatic nitrogens is 2. The van der Waals surface area contributed by atoms with Gasteiger partial charge >= 0.3 is 6.61 Å². The number of thiophene rings is 1. The van der Waals surface area contributed by atoms with E-state index in [4.69, 9.17) is 11.6 Å². The molecule has 1 aromatic carbocycles. The van der Waals surface area contributed by atoms with Crippen molar-refractivity contribution in [1.82, 2.24) is 9.78 Å². The highest BCUT2D eigenvalue weighted by molar-refractivity contribution is 7.12. The maximum Gasteiger partial charge on any atom is 0.387 e. The number of carbonyl (C=O) groups excluding carboxylic acids is 1. The summed E-state index contributed by atoms with van der Waals surface area (Å²) in [6.45, 7) is -2.37. The lowest BCUT2D eigenvalue weighted by Gasteiger charge is -2.06.